The van der Waals surface area contributed by atoms with E-state index >= 15 is 0 Å². The van der Waals surface area contributed by atoms with E-state index in [4.69, 9.17) is 30.4 Å². The van der Waals surface area contributed by atoms with Crippen LogP contribution in [0.25, 0.3) is 0 Å². The summed E-state index contributed by atoms with van der Waals surface area (Å²) in [5.41, 5.74) is 0.815. The highest BCUT2D eigenvalue weighted by molar-refractivity contribution is 6.62. The van der Waals surface area contributed by atoms with Gasteiger partial charge in [-0.05, 0) is 45.3 Å². The first kappa shape index (κ1) is 16.2. The highest BCUT2D eigenvalue weighted by atomic mass is 35.5. The maximum atomic E-state index is 6.17. The molecule has 7 heteroatoms. The Morgan fingerprint density at radius 1 is 1.14 bits per heavy atom. The predicted octanol–water partition coefficient (Wildman–Crippen LogP) is 2.12. The van der Waals surface area contributed by atoms with Gasteiger partial charge < -0.3 is 18.8 Å². The van der Waals surface area contributed by atoms with E-state index in [1.165, 1.54) is 0 Å². The highest BCUT2D eigenvalue weighted by Gasteiger charge is 2.51. The minimum atomic E-state index is -0.464. The summed E-state index contributed by atoms with van der Waals surface area (Å²) in [5.74, 6) is 0. The van der Waals surface area contributed by atoms with Gasteiger partial charge in [0.25, 0.3) is 0 Å². The molecular weight excluding hydrogens is 304 g/mol. The van der Waals surface area contributed by atoms with Gasteiger partial charge in [-0.1, -0.05) is 11.6 Å². The van der Waals surface area contributed by atoms with Gasteiger partial charge in [0.05, 0.1) is 36.7 Å². The highest BCUT2D eigenvalue weighted by Crippen LogP contribution is 2.36. The standard InChI is InChI=1S/C15H21BClNO4/c1-14(2)15(3,4)22-16(21-14)10-7-11(18-13(17)8-10)12-9-19-5-6-20-12/h7-8,12H,5-6,9H2,1-4H3. The Labute approximate surface area is 136 Å². The van der Waals surface area contributed by atoms with Gasteiger partial charge >= 0.3 is 7.12 Å². The van der Waals surface area contributed by atoms with E-state index in [-0.39, 0.29) is 6.10 Å². The summed E-state index contributed by atoms with van der Waals surface area (Å²) in [4.78, 5) is 4.35. The minimum Gasteiger partial charge on any atom is -0.399 e. The van der Waals surface area contributed by atoms with Gasteiger partial charge in [-0.25, -0.2) is 4.98 Å². The van der Waals surface area contributed by atoms with Crippen molar-refractivity contribution >= 4 is 24.2 Å². The molecule has 3 heterocycles. The number of pyridine rings is 1. The van der Waals surface area contributed by atoms with Gasteiger partial charge in [0.2, 0.25) is 0 Å². The maximum Gasteiger partial charge on any atom is 0.495 e. The molecule has 2 fully saturated rings. The molecule has 1 aromatic rings. The summed E-state index contributed by atoms with van der Waals surface area (Å²) < 4.78 is 23.3. The first-order valence-electron chi connectivity index (χ1n) is 7.51. The third kappa shape index (κ3) is 3.03. The third-order valence-electron chi connectivity index (χ3n) is 4.51. The van der Waals surface area contributed by atoms with Crippen LogP contribution in [0.2, 0.25) is 5.15 Å². The van der Waals surface area contributed by atoms with E-state index in [1.807, 2.05) is 33.8 Å². The number of hydrogen-bond donors (Lipinski definition) is 0. The molecule has 2 aliphatic rings. The van der Waals surface area contributed by atoms with Crippen LogP contribution >= 0.6 is 11.6 Å². The third-order valence-corrected chi connectivity index (χ3v) is 4.70. The summed E-state index contributed by atoms with van der Waals surface area (Å²) >= 11 is 6.17. The Morgan fingerprint density at radius 3 is 2.41 bits per heavy atom. The van der Waals surface area contributed by atoms with Crippen molar-refractivity contribution < 1.29 is 18.8 Å². The average molecular weight is 326 g/mol. The van der Waals surface area contributed by atoms with E-state index < -0.39 is 18.3 Å². The number of hydrogen-bond acceptors (Lipinski definition) is 5. The monoisotopic (exact) mass is 325 g/mol. The molecule has 0 saturated carbocycles. The molecule has 2 aliphatic heterocycles. The summed E-state index contributed by atoms with van der Waals surface area (Å²) in [6.45, 7) is 9.75. The van der Waals surface area contributed by atoms with Gasteiger partial charge in [0, 0.05) is 0 Å². The van der Waals surface area contributed by atoms with Crippen molar-refractivity contribution in [2.24, 2.45) is 0 Å². The molecule has 0 aromatic carbocycles. The van der Waals surface area contributed by atoms with Crippen LogP contribution in [0.1, 0.15) is 39.5 Å². The van der Waals surface area contributed by atoms with E-state index in [2.05, 4.69) is 4.98 Å². The molecule has 1 atom stereocenters. The molecule has 0 radical (unpaired) electrons. The van der Waals surface area contributed by atoms with Gasteiger partial charge in [-0.3, -0.25) is 0 Å². The molecule has 0 bridgehead atoms. The zero-order chi connectivity index (χ0) is 16.0. The van der Waals surface area contributed by atoms with Crippen molar-refractivity contribution in [1.29, 1.82) is 0 Å². The van der Waals surface area contributed by atoms with Gasteiger partial charge in [0.15, 0.2) is 0 Å². The molecule has 0 aliphatic carbocycles. The number of halogens is 1. The van der Waals surface area contributed by atoms with Crippen molar-refractivity contribution in [3.8, 4) is 0 Å². The number of nitrogens with zero attached hydrogens (tertiary/aromatic N) is 1. The molecule has 120 valence electrons. The first-order valence-corrected chi connectivity index (χ1v) is 7.89. The van der Waals surface area contributed by atoms with Crippen LogP contribution in [-0.4, -0.2) is 43.1 Å². The SMILES string of the molecule is CC1(C)OB(c2cc(Cl)nc(C3COCCO3)c2)OC1(C)C. The van der Waals surface area contributed by atoms with Crippen molar-refractivity contribution in [2.75, 3.05) is 19.8 Å². The van der Waals surface area contributed by atoms with Gasteiger partial charge in [0.1, 0.15) is 11.3 Å². The number of ether oxygens (including phenoxy) is 2. The van der Waals surface area contributed by atoms with E-state index in [9.17, 15) is 0 Å². The fourth-order valence-electron chi connectivity index (χ4n) is 2.48. The van der Waals surface area contributed by atoms with Crippen molar-refractivity contribution in [3.63, 3.8) is 0 Å². The molecular formula is C15H21BClNO4. The average Bonchev–Trinajstić information content (AvgIpc) is 2.68. The quantitative estimate of drug-likeness (QED) is 0.616. The second-order valence-electron chi connectivity index (χ2n) is 6.67. The maximum absolute atomic E-state index is 6.17. The zero-order valence-corrected chi connectivity index (χ0v) is 14.1. The lowest BCUT2D eigenvalue weighted by atomic mass is 9.79. The summed E-state index contributed by atoms with van der Waals surface area (Å²) in [6, 6.07) is 3.70. The van der Waals surface area contributed by atoms with Crippen LogP contribution in [0.5, 0.6) is 0 Å². The lowest BCUT2D eigenvalue weighted by Gasteiger charge is -2.32. The Kier molecular flexibility index (Phi) is 4.25. The number of aromatic nitrogens is 1. The second-order valence-corrected chi connectivity index (χ2v) is 7.06. The Bertz CT molecular complexity index is 544. The summed E-state index contributed by atoms with van der Waals surface area (Å²) in [5, 5.41) is 0.399. The smallest absolute Gasteiger partial charge is 0.399 e. The predicted molar refractivity (Wildman–Crippen MR) is 84.5 cm³/mol. The van der Waals surface area contributed by atoms with Crippen molar-refractivity contribution in [3.05, 3.63) is 23.0 Å². The number of rotatable bonds is 2. The van der Waals surface area contributed by atoms with Crippen LogP contribution in [0, 0.1) is 0 Å². The molecule has 0 spiro atoms. The fourth-order valence-corrected chi connectivity index (χ4v) is 2.70. The first-order chi connectivity index (χ1) is 10.3. The van der Waals surface area contributed by atoms with Crippen molar-refractivity contribution in [2.45, 2.75) is 45.0 Å². The lowest BCUT2D eigenvalue weighted by molar-refractivity contribution is -0.0917. The topological polar surface area (TPSA) is 49.8 Å². The van der Waals surface area contributed by atoms with Crippen LogP contribution < -0.4 is 5.46 Å². The molecule has 3 rings (SSSR count). The fraction of sp³-hybridized carbons (Fsp3) is 0.667. The molecule has 2 saturated heterocycles. The van der Waals surface area contributed by atoms with Crippen LogP contribution in [0.4, 0.5) is 0 Å². The minimum absolute atomic E-state index is 0.200. The Balaban J connectivity index is 1.87. The van der Waals surface area contributed by atoms with Crippen LogP contribution in [-0.2, 0) is 18.8 Å². The Morgan fingerprint density at radius 2 is 1.82 bits per heavy atom. The van der Waals surface area contributed by atoms with E-state index in [0.29, 0.717) is 25.0 Å². The summed E-state index contributed by atoms with van der Waals surface area (Å²) in [6.07, 6.45) is -0.200. The molecule has 1 unspecified atom stereocenters. The van der Waals surface area contributed by atoms with Gasteiger partial charge in [-0.15, -0.1) is 0 Å². The molecule has 1 aromatic heterocycles. The largest absolute Gasteiger partial charge is 0.495 e. The zero-order valence-electron chi connectivity index (χ0n) is 13.4. The van der Waals surface area contributed by atoms with Crippen LogP contribution in [0.3, 0.4) is 0 Å². The molecule has 22 heavy (non-hydrogen) atoms. The normalized spacial score (nSPS) is 27.1. The molecule has 0 N–H and O–H groups in total. The van der Waals surface area contributed by atoms with E-state index in [0.717, 1.165) is 11.2 Å². The Hall–Kier alpha value is -0.655. The van der Waals surface area contributed by atoms with Crippen molar-refractivity contribution in [1.82, 2.24) is 4.98 Å². The molecule has 0 amide bonds. The lowest BCUT2D eigenvalue weighted by Crippen LogP contribution is -2.41. The van der Waals surface area contributed by atoms with E-state index in [1.54, 1.807) is 6.07 Å². The van der Waals surface area contributed by atoms with Crippen LogP contribution in [0.15, 0.2) is 12.1 Å². The van der Waals surface area contributed by atoms with Gasteiger partial charge in [-0.2, -0.15) is 0 Å². The second kappa shape index (κ2) is 5.76. The summed E-state index contributed by atoms with van der Waals surface area (Å²) in [7, 11) is -0.464. The molecule has 5 nitrogen and oxygen atoms in total.